The van der Waals surface area contributed by atoms with Crippen LogP contribution >= 0.6 is 11.8 Å². The van der Waals surface area contributed by atoms with E-state index in [2.05, 4.69) is 25.7 Å². The lowest BCUT2D eigenvalue weighted by molar-refractivity contribution is -0.109. The van der Waals surface area contributed by atoms with Crippen LogP contribution < -0.4 is 0 Å². The molecule has 0 aromatic carbocycles. The second-order valence-electron chi connectivity index (χ2n) is 4.80. The van der Waals surface area contributed by atoms with Gasteiger partial charge >= 0.3 is 0 Å². The van der Waals surface area contributed by atoms with E-state index in [9.17, 15) is 4.79 Å². The summed E-state index contributed by atoms with van der Waals surface area (Å²) in [6.45, 7) is 10.8. The summed E-state index contributed by atoms with van der Waals surface area (Å²) < 4.78 is 0. The van der Waals surface area contributed by atoms with E-state index in [1.165, 1.54) is 37.7 Å². The molecule has 1 fully saturated rings. The van der Waals surface area contributed by atoms with Gasteiger partial charge in [-0.3, -0.25) is 9.69 Å². The fourth-order valence-electron chi connectivity index (χ4n) is 2.34. The lowest BCUT2D eigenvalue weighted by Gasteiger charge is -2.33. The van der Waals surface area contributed by atoms with Gasteiger partial charge in [0, 0.05) is 18.2 Å². The number of nitrogens with zero attached hydrogens (tertiary/aromatic N) is 1. The quantitative estimate of drug-likeness (QED) is 0.739. The molecule has 0 spiro atoms. The minimum Gasteiger partial charge on any atom is -0.300 e. The van der Waals surface area contributed by atoms with Crippen LogP contribution in [-0.2, 0) is 4.79 Å². The minimum atomic E-state index is 0.250. The Morgan fingerprint density at radius 3 is 2.13 bits per heavy atom. The average Bonchev–Trinajstić information content (AvgIpc) is 2.65. The van der Waals surface area contributed by atoms with Crippen LogP contribution in [0.15, 0.2) is 0 Å². The summed E-state index contributed by atoms with van der Waals surface area (Å²) in [5.74, 6) is 0.564. The van der Waals surface area contributed by atoms with Crippen LogP contribution in [0.4, 0.5) is 0 Å². The van der Waals surface area contributed by atoms with Crippen LogP contribution in [0.25, 0.3) is 0 Å². The average molecular weight is 229 g/mol. The molecule has 3 heteroatoms. The number of thioether (sulfide) groups is 1. The van der Waals surface area contributed by atoms with Crippen molar-refractivity contribution in [2.24, 2.45) is 5.92 Å². The SMILES string of the molecule is CC(=O)S[C@H](C(C)C)[C@H](C)N1CCCC1. The molecule has 0 aromatic heterocycles. The van der Waals surface area contributed by atoms with E-state index in [1.54, 1.807) is 6.92 Å². The molecular formula is C12H23NOS. The molecule has 15 heavy (non-hydrogen) atoms. The van der Waals surface area contributed by atoms with Crippen LogP contribution in [0, 0.1) is 5.92 Å². The maximum Gasteiger partial charge on any atom is 0.186 e. The van der Waals surface area contributed by atoms with Gasteiger partial charge in [0.25, 0.3) is 0 Å². The predicted octanol–water partition coefficient (Wildman–Crippen LogP) is 2.78. The van der Waals surface area contributed by atoms with E-state index in [0.29, 0.717) is 17.2 Å². The Labute approximate surface area is 97.8 Å². The normalized spacial score (nSPS) is 21.9. The lowest BCUT2D eigenvalue weighted by atomic mass is 10.0. The zero-order valence-corrected chi connectivity index (χ0v) is 11.1. The summed E-state index contributed by atoms with van der Waals surface area (Å²) in [7, 11) is 0. The molecule has 88 valence electrons. The van der Waals surface area contributed by atoms with Gasteiger partial charge in [-0.2, -0.15) is 0 Å². The van der Waals surface area contributed by atoms with Crippen LogP contribution in [0.1, 0.15) is 40.5 Å². The summed E-state index contributed by atoms with van der Waals surface area (Å²) in [4.78, 5) is 13.8. The van der Waals surface area contributed by atoms with Gasteiger partial charge in [0.15, 0.2) is 5.12 Å². The van der Waals surface area contributed by atoms with Gasteiger partial charge in [-0.05, 0) is 38.8 Å². The highest BCUT2D eigenvalue weighted by Gasteiger charge is 2.29. The fraction of sp³-hybridized carbons (Fsp3) is 0.917. The van der Waals surface area contributed by atoms with Gasteiger partial charge in [0.1, 0.15) is 0 Å². The first-order valence-electron chi connectivity index (χ1n) is 5.93. The first-order valence-corrected chi connectivity index (χ1v) is 6.81. The largest absolute Gasteiger partial charge is 0.300 e. The van der Waals surface area contributed by atoms with Crippen LogP contribution in [0.3, 0.4) is 0 Å². The third-order valence-electron chi connectivity index (χ3n) is 3.15. The van der Waals surface area contributed by atoms with Crippen molar-refractivity contribution in [1.82, 2.24) is 4.90 Å². The van der Waals surface area contributed by atoms with Crippen molar-refractivity contribution in [2.45, 2.75) is 51.8 Å². The Kier molecular flexibility index (Phi) is 5.13. The van der Waals surface area contributed by atoms with E-state index in [-0.39, 0.29) is 5.12 Å². The number of rotatable bonds is 4. The zero-order valence-electron chi connectivity index (χ0n) is 10.3. The number of likely N-dealkylation sites (tertiary alicyclic amines) is 1. The molecule has 1 saturated heterocycles. The third kappa shape index (κ3) is 3.80. The van der Waals surface area contributed by atoms with E-state index in [4.69, 9.17) is 0 Å². The molecule has 0 saturated carbocycles. The van der Waals surface area contributed by atoms with Gasteiger partial charge in [-0.25, -0.2) is 0 Å². The van der Waals surface area contributed by atoms with E-state index < -0.39 is 0 Å². The van der Waals surface area contributed by atoms with Crippen LogP contribution in [-0.4, -0.2) is 34.4 Å². The molecule has 0 radical (unpaired) electrons. The van der Waals surface area contributed by atoms with Gasteiger partial charge in [0.2, 0.25) is 0 Å². The summed E-state index contributed by atoms with van der Waals surface area (Å²) in [6, 6.07) is 0.529. The Bertz CT molecular complexity index is 212. The number of hydrogen-bond acceptors (Lipinski definition) is 3. The highest BCUT2D eigenvalue weighted by molar-refractivity contribution is 8.14. The predicted molar refractivity (Wildman–Crippen MR) is 67.2 cm³/mol. The molecule has 0 N–H and O–H groups in total. The lowest BCUT2D eigenvalue weighted by Crippen LogP contribution is -2.41. The summed E-state index contributed by atoms with van der Waals surface area (Å²) in [6.07, 6.45) is 2.64. The zero-order chi connectivity index (χ0) is 11.4. The highest BCUT2D eigenvalue weighted by atomic mass is 32.2. The maximum atomic E-state index is 11.2. The first kappa shape index (κ1) is 13.0. The van der Waals surface area contributed by atoms with Crippen molar-refractivity contribution in [2.75, 3.05) is 13.1 Å². The van der Waals surface area contributed by atoms with Crippen molar-refractivity contribution >= 4 is 16.9 Å². The molecule has 1 rings (SSSR count). The topological polar surface area (TPSA) is 20.3 Å². The minimum absolute atomic E-state index is 0.250. The molecule has 0 amide bonds. The van der Waals surface area contributed by atoms with Crippen molar-refractivity contribution < 1.29 is 4.79 Å². The molecule has 0 aromatic rings. The van der Waals surface area contributed by atoms with E-state index in [1.807, 2.05) is 0 Å². The third-order valence-corrected chi connectivity index (χ3v) is 4.69. The fourth-order valence-corrected chi connectivity index (χ4v) is 3.36. The Morgan fingerprint density at radius 1 is 1.20 bits per heavy atom. The second-order valence-corrected chi connectivity index (χ2v) is 6.16. The van der Waals surface area contributed by atoms with Crippen molar-refractivity contribution in [1.29, 1.82) is 0 Å². The van der Waals surface area contributed by atoms with Gasteiger partial charge in [0.05, 0.1) is 0 Å². The van der Waals surface area contributed by atoms with Crippen molar-refractivity contribution in [3.63, 3.8) is 0 Å². The molecule has 1 aliphatic rings. The number of carbonyl (C=O) groups is 1. The standard InChI is InChI=1S/C12H23NOS/c1-9(2)12(15-11(4)14)10(3)13-7-5-6-8-13/h9-10,12H,5-8H2,1-4H3/t10-,12+/m0/s1. The maximum absolute atomic E-state index is 11.2. The molecule has 1 aliphatic heterocycles. The molecule has 1 heterocycles. The van der Waals surface area contributed by atoms with Crippen molar-refractivity contribution in [3.8, 4) is 0 Å². The molecule has 0 aliphatic carbocycles. The first-order chi connectivity index (χ1) is 7.02. The van der Waals surface area contributed by atoms with Crippen LogP contribution in [0.5, 0.6) is 0 Å². The van der Waals surface area contributed by atoms with Gasteiger partial charge in [-0.15, -0.1) is 0 Å². The Hall–Kier alpha value is -0.0200. The van der Waals surface area contributed by atoms with E-state index >= 15 is 0 Å². The van der Waals surface area contributed by atoms with Gasteiger partial charge < -0.3 is 0 Å². The summed E-state index contributed by atoms with van der Waals surface area (Å²) in [5.41, 5.74) is 0. The number of hydrogen-bond donors (Lipinski definition) is 0. The molecule has 2 nitrogen and oxygen atoms in total. The number of carbonyl (C=O) groups excluding carboxylic acids is 1. The van der Waals surface area contributed by atoms with Crippen molar-refractivity contribution in [3.05, 3.63) is 0 Å². The summed E-state index contributed by atoms with van der Waals surface area (Å²) >= 11 is 1.52. The molecule has 0 unspecified atom stereocenters. The smallest absolute Gasteiger partial charge is 0.186 e. The highest BCUT2D eigenvalue weighted by Crippen LogP contribution is 2.28. The second kappa shape index (κ2) is 5.90. The van der Waals surface area contributed by atoms with Crippen LogP contribution in [0.2, 0.25) is 0 Å². The molecule has 2 atom stereocenters. The van der Waals surface area contributed by atoms with Gasteiger partial charge in [-0.1, -0.05) is 25.6 Å². The Morgan fingerprint density at radius 2 is 1.73 bits per heavy atom. The molecular weight excluding hydrogens is 206 g/mol. The molecule has 0 bridgehead atoms. The van der Waals surface area contributed by atoms with E-state index in [0.717, 1.165) is 0 Å². The Balaban J connectivity index is 2.57. The monoisotopic (exact) mass is 229 g/mol. The summed E-state index contributed by atoms with van der Waals surface area (Å²) in [5, 5.41) is 0.695.